The average Bonchev–Trinajstić information content (AvgIpc) is 2.71. The molecule has 0 atom stereocenters. The van der Waals surface area contributed by atoms with E-state index < -0.39 is 15.4 Å². The molecular formula is C19H22N2O5S. The highest BCUT2D eigenvalue weighted by molar-refractivity contribution is 7.91. The molecule has 1 aliphatic rings. The van der Waals surface area contributed by atoms with Crippen molar-refractivity contribution in [2.75, 3.05) is 23.8 Å². The third-order valence-corrected chi connectivity index (χ3v) is 5.48. The third kappa shape index (κ3) is 4.33. The van der Waals surface area contributed by atoms with Gasteiger partial charge in [0.2, 0.25) is 15.9 Å². The lowest BCUT2D eigenvalue weighted by Crippen LogP contribution is -2.33. The van der Waals surface area contributed by atoms with Crippen LogP contribution in [-0.2, 0) is 20.6 Å². The van der Waals surface area contributed by atoms with Gasteiger partial charge >= 0.3 is 0 Å². The van der Waals surface area contributed by atoms with Gasteiger partial charge in [0.1, 0.15) is 18.1 Å². The van der Waals surface area contributed by atoms with Crippen LogP contribution in [0.25, 0.3) is 0 Å². The Morgan fingerprint density at radius 3 is 2.70 bits per heavy atom. The van der Waals surface area contributed by atoms with Crippen LogP contribution in [0.3, 0.4) is 0 Å². The molecule has 8 heteroatoms. The number of anilines is 2. The first kappa shape index (κ1) is 19.0. The maximum absolute atomic E-state index is 12.6. The van der Waals surface area contributed by atoms with E-state index in [4.69, 9.17) is 9.47 Å². The van der Waals surface area contributed by atoms with E-state index in [2.05, 4.69) is 10.0 Å². The molecule has 0 unspecified atom stereocenters. The lowest BCUT2D eigenvalue weighted by Gasteiger charge is -2.18. The molecule has 0 aromatic heterocycles. The van der Waals surface area contributed by atoms with Crippen LogP contribution in [0.2, 0.25) is 0 Å². The summed E-state index contributed by atoms with van der Waals surface area (Å²) in [6, 6.07) is 11.7. The SMILES string of the molecule is COc1ccccc1CS(=O)(=O)Nc1ccc2c(c1)NC(=O)C(C)(C)CO2. The lowest BCUT2D eigenvalue weighted by molar-refractivity contribution is -0.124. The maximum atomic E-state index is 12.6. The van der Waals surface area contributed by atoms with E-state index in [1.54, 1.807) is 56.3 Å². The Kier molecular flexibility index (Phi) is 5.01. The molecule has 144 valence electrons. The smallest absolute Gasteiger partial charge is 0.237 e. The number of benzene rings is 2. The molecule has 3 rings (SSSR count). The molecule has 1 aliphatic heterocycles. The predicted molar refractivity (Wildman–Crippen MR) is 104 cm³/mol. The van der Waals surface area contributed by atoms with Crippen molar-refractivity contribution in [1.82, 2.24) is 0 Å². The van der Waals surface area contributed by atoms with Crippen LogP contribution in [0.1, 0.15) is 19.4 Å². The van der Waals surface area contributed by atoms with Gasteiger partial charge in [0.05, 0.1) is 29.7 Å². The van der Waals surface area contributed by atoms with E-state index in [0.29, 0.717) is 28.4 Å². The van der Waals surface area contributed by atoms with Gasteiger partial charge in [0, 0.05) is 5.56 Å². The second kappa shape index (κ2) is 7.11. The number of methoxy groups -OCH3 is 1. The number of fused-ring (bicyclic) bond motifs is 1. The number of sulfonamides is 1. The van der Waals surface area contributed by atoms with Crippen LogP contribution in [-0.4, -0.2) is 28.0 Å². The number of ether oxygens (including phenoxy) is 2. The quantitative estimate of drug-likeness (QED) is 0.819. The van der Waals surface area contributed by atoms with E-state index in [1.165, 1.54) is 7.11 Å². The highest BCUT2D eigenvalue weighted by Gasteiger charge is 2.32. The molecule has 7 nitrogen and oxygen atoms in total. The molecule has 2 aromatic carbocycles. The van der Waals surface area contributed by atoms with E-state index in [1.807, 2.05) is 0 Å². The van der Waals surface area contributed by atoms with E-state index in [9.17, 15) is 13.2 Å². The first-order valence-corrected chi connectivity index (χ1v) is 10.1. The van der Waals surface area contributed by atoms with Gasteiger partial charge in [-0.2, -0.15) is 0 Å². The Morgan fingerprint density at radius 1 is 1.22 bits per heavy atom. The summed E-state index contributed by atoms with van der Waals surface area (Å²) in [7, 11) is -2.18. The van der Waals surface area contributed by atoms with Gasteiger partial charge in [-0.1, -0.05) is 18.2 Å². The summed E-state index contributed by atoms with van der Waals surface area (Å²) in [4.78, 5) is 12.3. The normalized spacial score (nSPS) is 15.7. The molecule has 1 amide bonds. The Labute approximate surface area is 158 Å². The number of carbonyl (C=O) groups excluding carboxylic acids is 1. The Bertz CT molecular complexity index is 970. The van der Waals surface area contributed by atoms with Gasteiger partial charge in [-0.05, 0) is 38.1 Å². The van der Waals surface area contributed by atoms with Crippen molar-refractivity contribution in [2.45, 2.75) is 19.6 Å². The van der Waals surface area contributed by atoms with Crippen LogP contribution in [0.15, 0.2) is 42.5 Å². The monoisotopic (exact) mass is 390 g/mol. The van der Waals surface area contributed by atoms with Crippen molar-refractivity contribution in [3.05, 3.63) is 48.0 Å². The fourth-order valence-electron chi connectivity index (χ4n) is 2.67. The van der Waals surface area contributed by atoms with Gasteiger partial charge in [0.25, 0.3) is 0 Å². The molecule has 0 saturated heterocycles. The van der Waals surface area contributed by atoms with Crippen LogP contribution < -0.4 is 19.5 Å². The Balaban J connectivity index is 1.81. The van der Waals surface area contributed by atoms with Gasteiger partial charge < -0.3 is 14.8 Å². The molecule has 0 bridgehead atoms. The summed E-state index contributed by atoms with van der Waals surface area (Å²) in [5.41, 5.74) is 0.652. The van der Waals surface area contributed by atoms with Crippen molar-refractivity contribution >= 4 is 27.3 Å². The molecule has 1 heterocycles. The minimum absolute atomic E-state index is 0.185. The minimum Gasteiger partial charge on any atom is -0.496 e. The zero-order valence-corrected chi connectivity index (χ0v) is 16.2. The molecule has 0 spiro atoms. The molecule has 2 aromatic rings. The Morgan fingerprint density at radius 2 is 1.96 bits per heavy atom. The average molecular weight is 390 g/mol. The molecule has 0 radical (unpaired) electrons. The topological polar surface area (TPSA) is 93.7 Å². The predicted octanol–water partition coefficient (Wildman–Crippen LogP) is 2.99. The fraction of sp³-hybridized carbons (Fsp3) is 0.316. The standard InChI is InChI=1S/C19H22N2O5S/c1-19(2)12-26-17-9-8-14(10-15(17)20-18(19)22)21-27(23,24)11-13-6-4-5-7-16(13)25-3/h4-10,21H,11-12H2,1-3H3,(H,20,22). The van der Waals surface area contributed by atoms with E-state index in [-0.39, 0.29) is 18.3 Å². The molecule has 2 N–H and O–H groups in total. The summed E-state index contributed by atoms with van der Waals surface area (Å²) >= 11 is 0. The lowest BCUT2D eigenvalue weighted by atomic mass is 9.94. The fourth-order valence-corrected chi connectivity index (χ4v) is 3.88. The number of hydrogen-bond donors (Lipinski definition) is 2. The first-order valence-electron chi connectivity index (χ1n) is 8.41. The number of amides is 1. The summed E-state index contributed by atoms with van der Waals surface area (Å²) in [6.07, 6.45) is 0. The second-order valence-corrected chi connectivity index (χ2v) is 8.73. The van der Waals surface area contributed by atoms with Crippen molar-refractivity contribution in [1.29, 1.82) is 0 Å². The number of rotatable bonds is 5. The number of nitrogens with one attached hydrogen (secondary N) is 2. The molecule has 0 aliphatic carbocycles. The van der Waals surface area contributed by atoms with Crippen molar-refractivity contribution in [3.63, 3.8) is 0 Å². The second-order valence-electron chi connectivity index (χ2n) is 7.01. The minimum atomic E-state index is -3.68. The van der Waals surface area contributed by atoms with E-state index >= 15 is 0 Å². The van der Waals surface area contributed by atoms with Crippen LogP contribution in [0, 0.1) is 5.41 Å². The summed E-state index contributed by atoms with van der Waals surface area (Å²) in [6.45, 7) is 3.81. The largest absolute Gasteiger partial charge is 0.496 e. The Hall–Kier alpha value is -2.74. The highest BCUT2D eigenvalue weighted by atomic mass is 32.2. The molecular weight excluding hydrogens is 368 g/mol. The zero-order chi connectivity index (χ0) is 19.7. The summed E-state index contributed by atoms with van der Waals surface area (Å²) in [5.74, 6) is 0.592. The summed E-state index contributed by atoms with van der Waals surface area (Å²) < 4.78 is 38.5. The number of carbonyl (C=O) groups is 1. The van der Waals surface area contributed by atoms with Gasteiger partial charge in [-0.25, -0.2) is 8.42 Å². The third-order valence-electron chi connectivity index (χ3n) is 4.24. The van der Waals surface area contributed by atoms with Crippen LogP contribution in [0.5, 0.6) is 11.5 Å². The van der Waals surface area contributed by atoms with Crippen molar-refractivity contribution in [2.24, 2.45) is 5.41 Å². The molecule has 0 fully saturated rings. The molecule has 0 saturated carbocycles. The number of hydrogen-bond acceptors (Lipinski definition) is 5. The maximum Gasteiger partial charge on any atom is 0.237 e. The summed E-state index contributed by atoms with van der Waals surface area (Å²) in [5, 5.41) is 2.79. The highest BCUT2D eigenvalue weighted by Crippen LogP contribution is 2.34. The van der Waals surface area contributed by atoms with Crippen molar-refractivity contribution in [3.8, 4) is 11.5 Å². The first-order chi connectivity index (χ1) is 12.7. The van der Waals surface area contributed by atoms with Crippen LogP contribution >= 0.6 is 0 Å². The zero-order valence-electron chi connectivity index (χ0n) is 15.4. The van der Waals surface area contributed by atoms with Gasteiger partial charge in [-0.3, -0.25) is 9.52 Å². The molecule has 27 heavy (non-hydrogen) atoms. The van der Waals surface area contributed by atoms with Gasteiger partial charge in [0.15, 0.2) is 0 Å². The van der Waals surface area contributed by atoms with E-state index in [0.717, 1.165) is 0 Å². The number of para-hydroxylation sites is 1. The van der Waals surface area contributed by atoms with Crippen LogP contribution in [0.4, 0.5) is 11.4 Å². The van der Waals surface area contributed by atoms with Crippen molar-refractivity contribution < 1.29 is 22.7 Å². The van der Waals surface area contributed by atoms with Gasteiger partial charge in [-0.15, -0.1) is 0 Å².